The van der Waals surface area contributed by atoms with Crippen molar-refractivity contribution in [3.05, 3.63) is 48.6 Å². The maximum Gasteiger partial charge on any atom is 0.306 e. The van der Waals surface area contributed by atoms with Crippen molar-refractivity contribution in [2.24, 2.45) is 0 Å². The number of carbonyl (C=O) groups excluding carboxylic acids is 3. The molecule has 0 heterocycles. The van der Waals surface area contributed by atoms with Crippen molar-refractivity contribution in [1.82, 2.24) is 0 Å². The van der Waals surface area contributed by atoms with Crippen molar-refractivity contribution < 1.29 is 28.6 Å². The van der Waals surface area contributed by atoms with Gasteiger partial charge in [-0.1, -0.05) is 262 Å². The van der Waals surface area contributed by atoms with E-state index in [2.05, 4.69) is 69.4 Å². The lowest BCUT2D eigenvalue weighted by Gasteiger charge is -2.18. The van der Waals surface area contributed by atoms with E-state index in [1.807, 2.05) is 0 Å². The first-order valence-electron chi connectivity index (χ1n) is 31.1. The molecule has 0 radical (unpaired) electrons. The van der Waals surface area contributed by atoms with Crippen LogP contribution in [-0.4, -0.2) is 37.2 Å². The third-order valence-corrected chi connectivity index (χ3v) is 13.8. The van der Waals surface area contributed by atoms with Gasteiger partial charge in [-0.05, 0) is 96.3 Å². The van der Waals surface area contributed by atoms with Gasteiger partial charge >= 0.3 is 17.9 Å². The van der Waals surface area contributed by atoms with Crippen molar-refractivity contribution in [3.8, 4) is 0 Å². The van der Waals surface area contributed by atoms with Gasteiger partial charge in [-0.15, -0.1) is 0 Å². The van der Waals surface area contributed by atoms with Crippen LogP contribution in [0.4, 0.5) is 0 Å². The van der Waals surface area contributed by atoms with Crippen LogP contribution in [-0.2, 0) is 28.6 Å². The molecule has 0 aliphatic heterocycles. The predicted molar refractivity (Wildman–Crippen MR) is 307 cm³/mol. The zero-order valence-corrected chi connectivity index (χ0v) is 47.5. The Kier molecular flexibility index (Phi) is 57.7. The molecule has 0 saturated heterocycles. The summed E-state index contributed by atoms with van der Waals surface area (Å²) >= 11 is 0. The van der Waals surface area contributed by atoms with E-state index in [-0.39, 0.29) is 31.1 Å². The van der Waals surface area contributed by atoms with Gasteiger partial charge in [0.25, 0.3) is 0 Å². The Labute approximate surface area is 441 Å². The number of ether oxygens (including phenoxy) is 3. The Balaban J connectivity index is 4.12. The van der Waals surface area contributed by atoms with E-state index in [1.165, 1.54) is 205 Å². The maximum atomic E-state index is 12.8. The average Bonchev–Trinajstić information content (AvgIpc) is 3.37. The number of carbonyl (C=O) groups is 3. The summed E-state index contributed by atoms with van der Waals surface area (Å²) in [7, 11) is 0. The molecule has 0 amide bonds. The van der Waals surface area contributed by atoms with Crippen LogP contribution in [0, 0.1) is 0 Å². The van der Waals surface area contributed by atoms with Crippen molar-refractivity contribution in [1.29, 1.82) is 0 Å². The highest BCUT2D eigenvalue weighted by Crippen LogP contribution is 2.17. The molecule has 0 rings (SSSR count). The fraction of sp³-hybridized carbons (Fsp3) is 0.831. The molecule has 0 aromatic carbocycles. The Morgan fingerprint density at radius 2 is 0.521 bits per heavy atom. The minimum absolute atomic E-state index is 0.0762. The summed E-state index contributed by atoms with van der Waals surface area (Å²) in [5.74, 6) is -0.881. The lowest BCUT2D eigenvalue weighted by Crippen LogP contribution is -2.30. The zero-order valence-electron chi connectivity index (χ0n) is 47.5. The monoisotopic (exact) mass is 995 g/mol. The Bertz CT molecular complexity index is 1230. The molecule has 1 unspecified atom stereocenters. The maximum absolute atomic E-state index is 12.8. The third kappa shape index (κ3) is 58.1. The molecular weight excluding hydrogens is 877 g/mol. The molecule has 0 aliphatic carbocycles. The Morgan fingerprint density at radius 3 is 0.845 bits per heavy atom. The molecule has 0 N–H and O–H groups in total. The molecule has 6 nitrogen and oxygen atoms in total. The second kappa shape index (κ2) is 59.9. The van der Waals surface area contributed by atoms with Gasteiger partial charge in [0.05, 0.1) is 0 Å². The highest BCUT2D eigenvalue weighted by molar-refractivity contribution is 5.71. The summed E-state index contributed by atoms with van der Waals surface area (Å²) in [5.41, 5.74) is 0. The molecule has 6 heteroatoms. The first-order chi connectivity index (χ1) is 35.0. The van der Waals surface area contributed by atoms with E-state index in [1.54, 1.807) is 0 Å². The van der Waals surface area contributed by atoms with Gasteiger partial charge in [-0.25, -0.2) is 0 Å². The minimum atomic E-state index is -0.778. The second-order valence-corrected chi connectivity index (χ2v) is 21.0. The van der Waals surface area contributed by atoms with E-state index < -0.39 is 6.10 Å². The van der Waals surface area contributed by atoms with Crippen molar-refractivity contribution in [3.63, 3.8) is 0 Å². The number of esters is 3. The van der Waals surface area contributed by atoms with Crippen LogP contribution >= 0.6 is 0 Å². The second-order valence-electron chi connectivity index (χ2n) is 21.0. The van der Waals surface area contributed by atoms with Crippen LogP contribution in [0.15, 0.2) is 48.6 Å². The van der Waals surface area contributed by atoms with Crippen molar-refractivity contribution >= 4 is 17.9 Å². The first-order valence-corrected chi connectivity index (χ1v) is 31.1. The highest BCUT2D eigenvalue weighted by atomic mass is 16.6. The van der Waals surface area contributed by atoms with Gasteiger partial charge in [0.15, 0.2) is 6.10 Å². The molecular formula is C65H118O6. The van der Waals surface area contributed by atoms with E-state index in [0.29, 0.717) is 19.3 Å². The zero-order chi connectivity index (χ0) is 51.4. The van der Waals surface area contributed by atoms with E-state index in [9.17, 15) is 14.4 Å². The van der Waals surface area contributed by atoms with Gasteiger partial charge in [-0.3, -0.25) is 14.4 Å². The minimum Gasteiger partial charge on any atom is -0.462 e. The van der Waals surface area contributed by atoms with Crippen molar-refractivity contribution in [2.45, 2.75) is 335 Å². The highest BCUT2D eigenvalue weighted by Gasteiger charge is 2.19. The average molecular weight is 996 g/mol. The summed E-state index contributed by atoms with van der Waals surface area (Å²) in [5, 5.41) is 0. The molecule has 0 saturated carbocycles. The van der Waals surface area contributed by atoms with Gasteiger partial charge in [0.2, 0.25) is 0 Å². The smallest absolute Gasteiger partial charge is 0.306 e. The van der Waals surface area contributed by atoms with Gasteiger partial charge in [0, 0.05) is 19.3 Å². The number of allylic oxidation sites excluding steroid dienone is 8. The number of hydrogen-bond donors (Lipinski definition) is 0. The summed E-state index contributed by atoms with van der Waals surface area (Å²) in [4.78, 5) is 38.1. The van der Waals surface area contributed by atoms with Crippen LogP contribution in [0.5, 0.6) is 0 Å². The van der Waals surface area contributed by atoms with Crippen molar-refractivity contribution in [2.75, 3.05) is 13.2 Å². The quantitative estimate of drug-likeness (QED) is 0.0261. The molecule has 71 heavy (non-hydrogen) atoms. The molecule has 0 aliphatic rings. The Morgan fingerprint density at radius 1 is 0.282 bits per heavy atom. The van der Waals surface area contributed by atoms with E-state index in [4.69, 9.17) is 14.2 Å². The molecule has 0 aromatic rings. The Hall–Kier alpha value is -2.63. The van der Waals surface area contributed by atoms with E-state index in [0.717, 1.165) is 83.5 Å². The first kappa shape index (κ1) is 68.4. The van der Waals surface area contributed by atoms with Gasteiger partial charge in [0.1, 0.15) is 13.2 Å². The standard InChI is InChI=1S/C65H118O6/c1-4-7-10-13-16-19-22-24-25-26-27-28-29-30-31-32-33-34-35-36-37-38-39-41-43-46-49-52-55-58-64(67)70-61-62(60-69-63(66)57-54-51-48-45-42-21-18-15-12-9-6-3)71-65(68)59-56-53-50-47-44-40-23-20-17-14-11-8-5-2/h15,18,20,22-24,26-27,62H,4-14,16-17,19,21,25,28-61H2,1-3H3/b18-15-,23-20-,24-22-,27-26-. The lowest BCUT2D eigenvalue weighted by molar-refractivity contribution is -0.167. The SMILES string of the molecule is CCCC/C=C\CCCCCCCC(=O)OCC(COC(=O)CCCCCCCCCCCCCCCCCCC/C=C\C/C=C\CCCCCCC)OC(=O)CCCCCCC/C=C\CCCCCC. The van der Waals surface area contributed by atoms with Crippen LogP contribution in [0.1, 0.15) is 329 Å². The molecule has 1 atom stereocenters. The fourth-order valence-corrected chi connectivity index (χ4v) is 9.04. The lowest BCUT2D eigenvalue weighted by atomic mass is 10.0. The topological polar surface area (TPSA) is 78.9 Å². The molecule has 0 bridgehead atoms. The summed E-state index contributed by atoms with van der Waals surface area (Å²) < 4.78 is 16.8. The van der Waals surface area contributed by atoms with Crippen LogP contribution in [0.2, 0.25) is 0 Å². The normalized spacial score (nSPS) is 12.3. The fourth-order valence-electron chi connectivity index (χ4n) is 9.04. The van der Waals surface area contributed by atoms with Gasteiger partial charge < -0.3 is 14.2 Å². The molecule has 0 aromatic heterocycles. The van der Waals surface area contributed by atoms with E-state index >= 15 is 0 Å². The van der Waals surface area contributed by atoms with Crippen LogP contribution in [0.3, 0.4) is 0 Å². The van der Waals surface area contributed by atoms with Gasteiger partial charge in [-0.2, -0.15) is 0 Å². The summed E-state index contributed by atoms with van der Waals surface area (Å²) in [6.45, 7) is 6.59. The molecule has 0 spiro atoms. The van der Waals surface area contributed by atoms with Crippen LogP contribution < -0.4 is 0 Å². The number of unbranched alkanes of at least 4 members (excludes halogenated alkanes) is 38. The molecule has 0 fully saturated rings. The summed E-state index contributed by atoms with van der Waals surface area (Å²) in [6.07, 6.45) is 74.2. The molecule has 414 valence electrons. The number of hydrogen-bond acceptors (Lipinski definition) is 6. The van der Waals surface area contributed by atoms with Crippen LogP contribution in [0.25, 0.3) is 0 Å². The number of rotatable bonds is 57. The summed E-state index contributed by atoms with van der Waals surface area (Å²) in [6, 6.07) is 0. The largest absolute Gasteiger partial charge is 0.462 e. The third-order valence-electron chi connectivity index (χ3n) is 13.8. The predicted octanol–water partition coefficient (Wildman–Crippen LogP) is 21.0.